The molecule has 0 N–H and O–H groups in total. The summed E-state index contributed by atoms with van der Waals surface area (Å²) in [5.74, 6) is 3.28. The molecule has 1 unspecified atom stereocenters. The first-order chi connectivity index (χ1) is 14.5. The molecule has 0 aliphatic heterocycles. The largest absolute Gasteiger partial charge is 0.289 e. The van der Waals surface area contributed by atoms with Gasteiger partial charge in [-0.1, -0.05) is 92.4 Å². The molecule has 0 aromatic rings. The van der Waals surface area contributed by atoms with E-state index in [1.807, 2.05) is 6.92 Å². The van der Waals surface area contributed by atoms with Crippen molar-refractivity contribution in [1.82, 2.24) is 0 Å². The molecule has 0 aromatic heterocycles. The Labute approximate surface area is 193 Å². The van der Waals surface area contributed by atoms with Gasteiger partial charge >= 0.3 is 0 Å². The van der Waals surface area contributed by atoms with Crippen LogP contribution in [0.4, 0.5) is 0 Å². The average Bonchev–Trinajstić information content (AvgIpc) is 2.70. The van der Waals surface area contributed by atoms with E-state index in [0.717, 1.165) is 36.2 Å². The Bertz CT molecular complexity index is 650. The van der Waals surface area contributed by atoms with Crippen LogP contribution in [0.15, 0.2) is 22.3 Å². The third kappa shape index (κ3) is 9.87. The zero-order chi connectivity index (χ0) is 23.6. The van der Waals surface area contributed by atoms with Crippen molar-refractivity contribution in [3.05, 3.63) is 22.3 Å². The molecule has 0 amide bonds. The van der Waals surface area contributed by atoms with E-state index < -0.39 is 0 Å². The van der Waals surface area contributed by atoms with Gasteiger partial charge in [0.1, 0.15) is 0 Å². The van der Waals surface area contributed by atoms with Gasteiger partial charge in [-0.15, -0.1) is 0 Å². The van der Waals surface area contributed by atoms with E-state index in [1.54, 1.807) is 13.8 Å². The molecule has 0 bridgehead atoms. The molecule has 1 aliphatic rings. The molecule has 0 heterocycles. The predicted molar refractivity (Wildman–Crippen MR) is 134 cm³/mol. The smallest absolute Gasteiger partial charge is 0.185 e. The lowest BCUT2D eigenvalue weighted by Gasteiger charge is -2.20. The summed E-state index contributed by atoms with van der Waals surface area (Å²) >= 11 is 0. The highest BCUT2D eigenvalue weighted by Gasteiger charge is 2.27. The van der Waals surface area contributed by atoms with Crippen LogP contribution in [0.2, 0.25) is 0 Å². The van der Waals surface area contributed by atoms with Gasteiger partial charge in [0.2, 0.25) is 0 Å². The number of Topliss-reactive ketones (excluding diaryl/α,β-unsaturated/α-hetero) is 2. The summed E-state index contributed by atoms with van der Waals surface area (Å²) in [5.41, 5.74) is 2.70. The minimum atomic E-state index is 0.0582. The van der Waals surface area contributed by atoms with Crippen LogP contribution < -0.4 is 0 Å². The van der Waals surface area contributed by atoms with Gasteiger partial charge in [0.25, 0.3) is 0 Å². The maximum absolute atomic E-state index is 12.6. The maximum atomic E-state index is 12.6. The van der Waals surface area contributed by atoms with E-state index in [1.165, 1.54) is 57.8 Å². The van der Waals surface area contributed by atoms with Gasteiger partial charge in [-0.25, -0.2) is 0 Å². The molecule has 0 aromatic carbocycles. The fourth-order valence-corrected chi connectivity index (χ4v) is 4.78. The topological polar surface area (TPSA) is 34.1 Å². The lowest BCUT2D eigenvalue weighted by molar-refractivity contribution is -0.116. The Balaban J connectivity index is 2.22. The Hall–Kier alpha value is -1.18. The lowest BCUT2D eigenvalue weighted by Crippen LogP contribution is -2.21. The molecular weight excluding hydrogens is 380 g/mol. The van der Waals surface area contributed by atoms with Crippen LogP contribution in [0.25, 0.3) is 0 Å². The van der Waals surface area contributed by atoms with E-state index in [4.69, 9.17) is 0 Å². The number of carbonyl (C=O) groups is 2. The summed E-state index contributed by atoms with van der Waals surface area (Å²) in [6.45, 7) is 17.2. The molecule has 178 valence electrons. The molecular formula is C29H50O2. The molecule has 0 spiro atoms. The standard InChI is InChI=1S/C29H50O2/c1-20(2)12-9-13-21(3)14-10-15-22(4)16-11-17-23(5)18-19-27-26(8)28(30)24(6)25(7)29(27)31/h20-23H,9-19H2,1-8H3/t21-,22-,23?/m1/s1. The molecule has 2 heteroatoms. The second-order valence-corrected chi connectivity index (χ2v) is 11.1. The van der Waals surface area contributed by atoms with Crippen molar-refractivity contribution in [3.8, 4) is 0 Å². The lowest BCUT2D eigenvalue weighted by atomic mass is 9.82. The molecule has 3 atom stereocenters. The normalized spacial score (nSPS) is 18.2. The van der Waals surface area contributed by atoms with Crippen LogP contribution in [0.3, 0.4) is 0 Å². The molecule has 0 radical (unpaired) electrons. The third-order valence-electron chi connectivity index (χ3n) is 7.46. The van der Waals surface area contributed by atoms with Gasteiger partial charge in [0.05, 0.1) is 0 Å². The number of rotatable bonds is 15. The van der Waals surface area contributed by atoms with E-state index in [0.29, 0.717) is 22.6 Å². The molecule has 0 saturated heterocycles. The molecule has 0 saturated carbocycles. The predicted octanol–water partition coefficient (Wildman–Crippen LogP) is 8.65. The summed E-state index contributed by atoms with van der Waals surface area (Å²) in [5, 5.41) is 0. The maximum Gasteiger partial charge on any atom is 0.185 e. The second-order valence-electron chi connectivity index (χ2n) is 11.1. The summed E-state index contributed by atoms with van der Waals surface area (Å²) in [6, 6.07) is 0. The SMILES string of the molecule is CC1=C(C)C(=O)C(CCC(C)CCC[C@H](C)CCC[C@H](C)CCCC(C)C)=C(C)C1=O. The second kappa shape index (κ2) is 14.1. The Kier molecular flexibility index (Phi) is 12.6. The zero-order valence-electron chi connectivity index (χ0n) is 21.9. The number of hydrogen-bond donors (Lipinski definition) is 0. The van der Waals surface area contributed by atoms with E-state index >= 15 is 0 Å². The first-order valence-corrected chi connectivity index (χ1v) is 13.0. The highest BCUT2D eigenvalue weighted by Crippen LogP contribution is 2.29. The first-order valence-electron chi connectivity index (χ1n) is 13.0. The van der Waals surface area contributed by atoms with Crippen LogP contribution in [-0.4, -0.2) is 11.6 Å². The van der Waals surface area contributed by atoms with Crippen LogP contribution >= 0.6 is 0 Å². The molecule has 2 nitrogen and oxygen atoms in total. The first kappa shape index (κ1) is 27.9. The van der Waals surface area contributed by atoms with Crippen molar-refractivity contribution in [2.45, 2.75) is 126 Å². The van der Waals surface area contributed by atoms with Gasteiger partial charge in [-0.3, -0.25) is 9.59 Å². The third-order valence-corrected chi connectivity index (χ3v) is 7.46. The van der Waals surface area contributed by atoms with Crippen molar-refractivity contribution >= 4 is 11.6 Å². The van der Waals surface area contributed by atoms with Crippen molar-refractivity contribution < 1.29 is 9.59 Å². The highest BCUT2D eigenvalue weighted by molar-refractivity contribution is 6.24. The molecule has 1 aliphatic carbocycles. The van der Waals surface area contributed by atoms with Gasteiger partial charge < -0.3 is 0 Å². The summed E-state index contributed by atoms with van der Waals surface area (Å²) in [6.07, 6.45) is 13.8. The number of carbonyl (C=O) groups excluding carboxylic acids is 2. The summed E-state index contributed by atoms with van der Waals surface area (Å²) in [4.78, 5) is 24.9. The van der Waals surface area contributed by atoms with E-state index in [2.05, 4.69) is 34.6 Å². The molecule has 1 rings (SSSR count). The summed E-state index contributed by atoms with van der Waals surface area (Å²) < 4.78 is 0. The minimum Gasteiger partial charge on any atom is -0.289 e. The number of allylic oxidation sites excluding steroid dienone is 4. The monoisotopic (exact) mass is 430 g/mol. The average molecular weight is 431 g/mol. The van der Waals surface area contributed by atoms with Crippen molar-refractivity contribution in [3.63, 3.8) is 0 Å². The van der Waals surface area contributed by atoms with Crippen LogP contribution in [0.1, 0.15) is 126 Å². The zero-order valence-corrected chi connectivity index (χ0v) is 21.9. The Morgan fingerprint density at radius 3 is 1.35 bits per heavy atom. The van der Waals surface area contributed by atoms with Crippen molar-refractivity contribution in [2.75, 3.05) is 0 Å². The number of hydrogen-bond acceptors (Lipinski definition) is 2. The van der Waals surface area contributed by atoms with Crippen molar-refractivity contribution in [2.24, 2.45) is 23.7 Å². The van der Waals surface area contributed by atoms with Gasteiger partial charge in [0.15, 0.2) is 11.6 Å². The number of ketones is 2. The Morgan fingerprint density at radius 1 is 0.516 bits per heavy atom. The quantitative estimate of drug-likeness (QED) is 0.244. The molecule has 31 heavy (non-hydrogen) atoms. The Morgan fingerprint density at radius 2 is 0.903 bits per heavy atom. The van der Waals surface area contributed by atoms with Crippen LogP contribution in [0.5, 0.6) is 0 Å². The van der Waals surface area contributed by atoms with Gasteiger partial charge in [-0.2, -0.15) is 0 Å². The summed E-state index contributed by atoms with van der Waals surface area (Å²) in [7, 11) is 0. The fourth-order valence-electron chi connectivity index (χ4n) is 4.78. The van der Waals surface area contributed by atoms with E-state index in [9.17, 15) is 9.59 Å². The highest BCUT2D eigenvalue weighted by atomic mass is 16.1. The van der Waals surface area contributed by atoms with Gasteiger partial charge in [0, 0.05) is 22.3 Å². The van der Waals surface area contributed by atoms with Gasteiger partial charge in [-0.05, 0) is 57.3 Å². The van der Waals surface area contributed by atoms with Crippen molar-refractivity contribution in [1.29, 1.82) is 0 Å². The fraction of sp³-hybridized carbons (Fsp3) is 0.793. The van der Waals surface area contributed by atoms with Crippen LogP contribution in [0, 0.1) is 23.7 Å². The minimum absolute atomic E-state index is 0.0582. The van der Waals surface area contributed by atoms with Crippen LogP contribution in [-0.2, 0) is 9.59 Å². The van der Waals surface area contributed by atoms with E-state index in [-0.39, 0.29) is 11.6 Å². The molecule has 0 fully saturated rings.